The van der Waals surface area contributed by atoms with Crippen LogP contribution in [0.3, 0.4) is 0 Å². The Bertz CT molecular complexity index is 388. The lowest BCUT2D eigenvalue weighted by molar-refractivity contribution is -0.123. The summed E-state index contributed by atoms with van der Waals surface area (Å²) in [6, 6.07) is 0. The highest BCUT2D eigenvalue weighted by atomic mass is 35.5. The summed E-state index contributed by atoms with van der Waals surface area (Å²) < 4.78 is 6.99. The number of aryl methyl sites for hydroxylation is 2. The van der Waals surface area contributed by atoms with E-state index >= 15 is 0 Å². The number of rotatable bonds is 7. The Kier molecular flexibility index (Phi) is 5.65. The highest BCUT2D eigenvalue weighted by Crippen LogP contribution is 2.20. The van der Waals surface area contributed by atoms with Gasteiger partial charge >= 0.3 is 0 Å². The van der Waals surface area contributed by atoms with E-state index in [0.29, 0.717) is 18.2 Å². The third-order valence-electron chi connectivity index (χ3n) is 2.43. The summed E-state index contributed by atoms with van der Waals surface area (Å²) in [5, 5.41) is 4.86. The summed E-state index contributed by atoms with van der Waals surface area (Å²) in [4.78, 5) is 11.7. The molecule has 1 rings (SSSR count). The molecule has 0 unspecified atom stereocenters. The Morgan fingerprint density at radius 1 is 1.47 bits per heavy atom. The van der Waals surface area contributed by atoms with Crippen molar-refractivity contribution in [2.75, 3.05) is 13.2 Å². The number of Topliss-reactive ketones (excluding diaryl/α,β-unsaturated/α-hetero) is 1. The lowest BCUT2D eigenvalue weighted by Gasteiger charge is -2.05. The van der Waals surface area contributed by atoms with Crippen molar-refractivity contribution in [2.45, 2.75) is 40.2 Å². The second-order valence-electron chi connectivity index (χ2n) is 3.93. The molecule has 1 aromatic heterocycles. The van der Waals surface area contributed by atoms with Crippen molar-refractivity contribution in [3.63, 3.8) is 0 Å². The fourth-order valence-electron chi connectivity index (χ4n) is 1.61. The molecule has 0 aromatic carbocycles. The standard InChI is InChI=1S/C12H19ClN2O2/c1-4-6-17-8-10(16)7-11-12(13)9(3)14-15(11)5-2/h4-8H2,1-3H3. The molecule has 0 atom stereocenters. The van der Waals surface area contributed by atoms with Crippen molar-refractivity contribution >= 4 is 17.4 Å². The highest BCUT2D eigenvalue weighted by Gasteiger charge is 2.15. The van der Waals surface area contributed by atoms with Crippen molar-refractivity contribution < 1.29 is 9.53 Å². The number of aromatic nitrogens is 2. The second-order valence-corrected chi connectivity index (χ2v) is 4.31. The number of ether oxygens (including phenoxy) is 1. The molecule has 1 heterocycles. The number of ketones is 1. The average molecular weight is 259 g/mol. The van der Waals surface area contributed by atoms with Crippen LogP contribution in [0.15, 0.2) is 0 Å². The summed E-state index contributed by atoms with van der Waals surface area (Å²) >= 11 is 6.12. The number of nitrogens with zero attached hydrogens (tertiary/aromatic N) is 2. The topological polar surface area (TPSA) is 44.1 Å². The van der Waals surface area contributed by atoms with Gasteiger partial charge in [-0.2, -0.15) is 5.10 Å². The number of carbonyl (C=O) groups is 1. The van der Waals surface area contributed by atoms with Crippen LogP contribution in [0.25, 0.3) is 0 Å². The van der Waals surface area contributed by atoms with Gasteiger partial charge in [-0.05, 0) is 20.3 Å². The van der Waals surface area contributed by atoms with Gasteiger partial charge in [-0.3, -0.25) is 9.48 Å². The number of hydrogen-bond donors (Lipinski definition) is 0. The van der Waals surface area contributed by atoms with E-state index < -0.39 is 0 Å². The fraction of sp³-hybridized carbons (Fsp3) is 0.667. The summed E-state index contributed by atoms with van der Waals surface area (Å²) in [6.07, 6.45) is 1.21. The molecule has 17 heavy (non-hydrogen) atoms. The number of hydrogen-bond acceptors (Lipinski definition) is 3. The Labute approximate surface area is 107 Å². The van der Waals surface area contributed by atoms with Crippen LogP contribution in [0.4, 0.5) is 0 Å². The second kappa shape index (κ2) is 6.77. The number of halogens is 1. The van der Waals surface area contributed by atoms with Crippen molar-refractivity contribution in [1.82, 2.24) is 9.78 Å². The van der Waals surface area contributed by atoms with E-state index in [9.17, 15) is 4.79 Å². The van der Waals surface area contributed by atoms with E-state index in [-0.39, 0.29) is 18.8 Å². The molecule has 0 bridgehead atoms. The van der Waals surface area contributed by atoms with Gasteiger partial charge in [-0.1, -0.05) is 18.5 Å². The third-order valence-corrected chi connectivity index (χ3v) is 2.92. The Morgan fingerprint density at radius 2 is 2.18 bits per heavy atom. The third kappa shape index (κ3) is 3.82. The molecule has 96 valence electrons. The first-order valence-corrected chi connectivity index (χ1v) is 6.29. The molecule has 0 saturated heterocycles. The predicted molar refractivity (Wildman–Crippen MR) is 67.5 cm³/mol. The van der Waals surface area contributed by atoms with Gasteiger partial charge in [0.1, 0.15) is 6.61 Å². The van der Waals surface area contributed by atoms with E-state index in [1.807, 2.05) is 20.8 Å². The molecule has 0 spiro atoms. The zero-order valence-corrected chi connectivity index (χ0v) is 11.4. The number of carbonyl (C=O) groups excluding carboxylic acids is 1. The zero-order valence-electron chi connectivity index (χ0n) is 10.6. The van der Waals surface area contributed by atoms with Gasteiger partial charge in [0.2, 0.25) is 0 Å². The quantitative estimate of drug-likeness (QED) is 0.706. The molecule has 0 aliphatic carbocycles. The van der Waals surface area contributed by atoms with Gasteiger partial charge in [0.15, 0.2) is 5.78 Å². The summed E-state index contributed by atoms with van der Waals surface area (Å²) in [5.74, 6) is 0.0370. The summed E-state index contributed by atoms with van der Waals surface area (Å²) in [7, 11) is 0. The zero-order chi connectivity index (χ0) is 12.8. The average Bonchev–Trinajstić information content (AvgIpc) is 2.57. The van der Waals surface area contributed by atoms with Crippen LogP contribution in [0.5, 0.6) is 0 Å². The van der Waals surface area contributed by atoms with E-state index in [1.165, 1.54) is 0 Å². The lowest BCUT2D eigenvalue weighted by atomic mass is 10.2. The lowest BCUT2D eigenvalue weighted by Crippen LogP contribution is -2.15. The fourth-order valence-corrected chi connectivity index (χ4v) is 1.81. The predicted octanol–water partition coefficient (Wildman–Crippen LogP) is 2.40. The molecule has 4 nitrogen and oxygen atoms in total. The minimum absolute atomic E-state index is 0.0370. The smallest absolute Gasteiger partial charge is 0.164 e. The van der Waals surface area contributed by atoms with Crippen LogP contribution in [0.1, 0.15) is 31.7 Å². The van der Waals surface area contributed by atoms with Crippen LogP contribution in [-0.4, -0.2) is 28.8 Å². The largest absolute Gasteiger partial charge is 0.374 e. The van der Waals surface area contributed by atoms with Crippen LogP contribution >= 0.6 is 11.6 Å². The van der Waals surface area contributed by atoms with Gasteiger partial charge in [-0.25, -0.2) is 0 Å². The van der Waals surface area contributed by atoms with Crippen molar-refractivity contribution in [2.24, 2.45) is 0 Å². The Hall–Kier alpha value is -0.870. The monoisotopic (exact) mass is 258 g/mol. The first kappa shape index (κ1) is 14.2. The molecule has 0 N–H and O–H groups in total. The molecule has 0 aliphatic rings. The summed E-state index contributed by atoms with van der Waals surface area (Å²) in [5.41, 5.74) is 1.56. The SMILES string of the molecule is CCCOCC(=O)Cc1c(Cl)c(C)nn1CC. The maximum Gasteiger partial charge on any atom is 0.164 e. The van der Waals surface area contributed by atoms with Crippen LogP contribution in [-0.2, 0) is 22.5 Å². The first-order chi connectivity index (χ1) is 8.10. The molecule has 0 fully saturated rings. The van der Waals surface area contributed by atoms with E-state index in [4.69, 9.17) is 16.3 Å². The Balaban J connectivity index is 2.64. The molecular weight excluding hydrogens is 240 g/mol. The minimum atomic E-state index is 0.0370. The van der Waals surface area contributed by atoms with Crippen molar-refractivity contribution in [3.8, 4) is 0 Å². The molecule has 0 saturated carbocycles. The van der Waals surface area contributed by atoms with E-state index in [2.05, 4.69) is 5.10 Å². The van der Waals surface area contributed by atoms with Crippen LogP contribution in [0.2, 0.25) is 5.02 Å². The first-order valence-electron chi connectivity index (χ1n) is 5.91. The Morgan fingerprint density at radius 3 is 2.76 bits per heavy atom. The van der Waals surface area contributed by atoms with Crippen molar-refractivity contribution in [3.05, 3.63) is 16.4 Å². The molecule has 1 aromatic rings. The maximum absolute atomic E-state index is 11.7. The normalized spacial score (nSPS) is 10.8. The molecule has 0 radical (unpaired) electrons. The van der Waals surface area contributed by atoms with Gasteiger partial charge in [0.25, 0.3) is 0 Å². The van der Waals surface area contributed by atoms with Gasteiger partial charge < -0.3 is 4.74 Å². The molecular formula is C12H19ClN2O2. The molecule has 0 amide bonds. The van der Waals surface area contributed by atoms with Crippen LogP contribution < -0.4 is 0 Å². The van der Waals surface area contributed by atoms with E-state index in [1.54, 1.807) is 4.68 Å². The van der Waals surface area contributed by atoms with Crippen LogP contribution in [0, 0.1) is 6.92 Å². The van der Waals surface area contributed by atoms with Gasteiger partial charge in [0.05, 0.1) is 22.8 Å². The van der Waals surface area contributed by atoms with Crippen molar-refractivity contribution in [1.29, 1.82) is 0 Å². The van der Waals surface area contributed by atoms with E-state index in [0.717, 1.165) is 17.8 Å². The summed E-state index contributed by atoms with van der Waals surface area (Å²) in [6.45, 7) is 7.31. The van der Waals surface area contributed by atoms with Gasteiger partial charge in [-0.15, -0.1) is 0 Å². The highest BCUT2D eigenvalue weighted by molar-refractivity contribution is 6.32. The van der Waals surface area contributed by atoms with Gasteiger partial charge in [0, 0.05) is 13.2 Å². The molecule has 0 aliphatic heterocycles. The maximum atomic E-state index is 11.7. The minimum Gasteiger partial charge on any atom is -0.374 e. The molecule has 5 heteroatoms.